The van der Waals surface area contributed by atoms with Crippen LogP contribution in [0.5, 0.6) is 5.75 Å². The summed E-state index contributed by atoms with van der Waals surface area (Å²) in [6.07, 6.45) is 2.11. The number of nitrogens with zero attached hydrogens (tertiary/aromatic N) is 2. The van der Waals surface area contributed by atoms with E-state index in [2.05, 4.69) is 26.6 Å². The lowest BCUT2D eigenvalue weighted by molar-refractivity contribution is -0.144. The van der Waals surface area contributed by atoms with Crippen LogP contribution in [0.3, 0.4) is 0 Å². The second-order valence-corrected chi connectivity index (χ2v) is 16.3. The number of aliphatic carboxylic acids is 1. The fraction of sp³-hybridized carbons (Fsp3) is 0.650. The Morgan fingerprint density at radius 3 is 1.68 bits per heavy atom. The standard InChI is InChI=1S/C40H62N8O11/c1-21(2)17-28(44-35(53)30(20-49)46-37(55)32-10-7-15-47(32)38(56)27(41)19-25-11-13-26(50)14-12-25)34(52)42-23(5)33(51)45-29(18-22(3)4)39(57)48-16-8-9-31(48)36(54)43-24(6)40(58)59/h11-14,21-24,27-32,49-50H,7-10,15-20,41H2,1-6H3,(H,42,52)(H,43,54)(H,44,53)(H,45,51)(H,46,55)(H,58,59)/t23-,24-,27-,28-,29-,30-,31-,32-/m0/s1. The van der Waals surface area contributed by atoms with Crippen LogP contribution in [-0.4, -0.2) is 140 Å². The lowest BCUT2D eigenvalue weighted by atomic mass is 10.0. The zero-order chi connectivity index (χ0) is 44.1. The molecule has 10 N–H and O–H groups in total. The van der Waals surface area contributed by atoms with Crippen molar-refractivity contribution in [3.63, 3.8) is 0 Å². The first-order valence-corrected chi connectivity index (χ1v) is 20.2. The maximum atomic E-state index is 13.8. The minimum atomic E-state index is -1.49. The van der Waals surface area contributed by atoms with Gasteiger partial charge in [-0.2, -0.15) is 0 Å². The van der Waals surface area contributed by atoms with Gasteiger partial charge in [-0.3, -0.25) is 38.4 Å². The number of carboxylic acid groups (broad SMARTS) is 1. The van der Waals surface area contributed by atoms with Gasteiger partial charge in [-0.1, -0.05) is 39.8 Å². The highest BCUT2D eigenvalue weighted by molar-refractivity contribution is 5.97. The van der Waals surface area contributed by atoms with E-state index in [1.807, 2.05) is 27.7 Å². The molecule has 0 aliphatic carbocycles. The molecule has 59 heavy (non-hydrogen) atoms. The molecule has 3 rings (SSSR count). The monoisotopic (exact) mass is 830 g/mol. The van der Waals surface area contributed by atoms with Gasteiger partial charge < -0.3 is 57.4 Å². The van der Waals surface area contributed by atoms with E-state index in [0.717, 1.165) is 0 Å². The number of rotatable bonds is 20. The molecule has 2 heterocycles. The van der Waals surface area contributed by atoms with E-state index >= 15 is 0 Å². The number of carboxylic acids is 1. The molecule has 1 aromatic carbocycles. The molecule has 0 saturated carbocycles. The van der Waals surface area contributed by atoms with Crippen molar-refractivity contribution < 1.29 is 53.7 Å². The van der Waals surface area contributed by atoms with Crippen molar-refractivity contribution in [3.05, 3.63) is 29.8 Å². The number of nitrogens with two attached hydrogens (primary N) is 1. The molecule has 0 aromatic heterocycles. The van der Waals surface area contributed by atoms with Gasteiger partial charge >= 0.3 is 5.97 Å². The Labute approximate surface area is 344 Å². The molecular formula is C40H62N8O11. The van der Waals surface area contributed by atoms with E-state index in [1.54, 1.807) is 12.1 Å². The first-order valence-electron chi connectivity index (χ1n) is 20.2. The van der Waals surface area contributed by atoms with Crippen LogP contribution in [0.4, 0.5) is 0 Å². The molecule has 0 bridgehead atoms. The fourth-order valence-corrected chi connectivity index (χ4v) is 7.17. The lowest BCUT2D eigenvalue weighted by Crippen LogP contribution is -2.60. The first-order chi connectivity index (χ1) is 27.7. The number of nitrogens with one attached hydrogen (secondary N) is 5. The van der Waals surface area contributed by atoms with Gasteiger partial charge in [-0.15, -0.1) is 0 Å². The maximum absolute atomic E-state index is 13.8. The summed E-state index contributed by atoms with van der Waals surface area (Å²) in [6.45, 7) is 9.70. The van der Waals surface area contributed by atoms with Gasteiger partial charge in [0, 0.05) is 13.1 Å². The van der Waals surface area contributed by atoms with Gasteiger partial charge in [0.25, 0.3) is 0 Å². The van der Waals surface area contributed by atoms with Crippen LogP contribution in [0, 0.1) is 11.8 Å². The van der Waals surface area contributed by atoms with Crippen LogP contribution < -0.4 is 32.3 Å². The third kappa shape index (κ3) is 13.9. The van der Waals surface area contributed by atoms with Crippen molar-refractivity contribution in [3.8, 4) is 5.75 Å². The van der Waals surface area contributed by atoms with Crippen LogP contribution in [-0.2, 0) is 44.8 Å². The predicted octanol–water partition coefficient (Wildman–Crippen LogP) is -1.12. The number of carbonyl (C=O) groups excluding carboxylic acids is 7. The summed E-state index contributed by atoms with van der Waals surface area (Å²) in [5.74, 6) is -5.94. The number of amides is 7. The smallest absolute Gasteiger partial charge is 0.325 e. The Kier molecular flexibility index (Phi) is 18.1. The Morgan fingerprint density at radius 1 is 0.661 bits per heavy atom. The molecular weight excluding hydrogens is 768 g/mol. The Balaban J connectivity index is 1.64. The Morgan fingerprint density at radius 2 is 1.15 bits per heavy atom. The number of benzene rings is 1. The second-order valence-electron chi connectivity index (χ2n) is 16.3. The normalized spacial score (nSPS) is 19.6. The van der Waals surface area contributed by atoms with Gasteiger partial charge in [-0.25, -0.2) is 0 Å². The van der Waals surface area contributed by atoms with Crippen LogP contribution in [0.15, 0.2) is 24.3 Å². The minimum absolute atomic E-state index is 0.0620. The highest BCUT2D eigenvalue weighted by atomic mass is 16.4. The lowest BCUT2D eigenvalue weighted by Gasteiger charge is -2.31. The molecule has 19 nitrogen and oxygen atoms in total. The molecule has 2 aliphatic rings. The number of hydrogen-bond acceptors (Lipinski definition) is 11. The molecule has 0 unspecified atom stereocenters. The Hall–Kier alpha value is -5.30. The van der Waals surface area contributed by atoms with Crippen molar-refractivity contribution in [1.29, 1.82) is 0 Å². The van der Waals surface area contributed by atoms with Crippen LogP contribution in [0.2, 0.25) is 0 Å². The highest BCUT2D eigenvalue weighted by Gasteiger charge is 2.40. The molecule has 0 spiro atoms. The number of aliphatic hydroxyl groups excluding tert-OH is 1. The summed E-state index contributed by atoms with van der Waals surface area (Å²) in [5, 5.41) is 41.6. The predicted molar refractivity (Wildman–Crippen MR) is 214 cm³/mol. The summed E-state index contributed by atoms with van der Waals surface area (Å²) in [6, 6.07) is -2.71. The van der Waals surface area contributed by atoms with Gasteiger partial charge in [0.2, 0.25) is 41.4 Å². The summed E-state index contributed by atoms with van der Waals surface area (Å²) in [7, 11) is 0. The van der Waals surface area contributed by atoms with E-state index in [-0.39, 0.29) is 49.9 Å². The van der Waals surface area contributed by atoms with Crippen molar-refractivity contribution in [2.45, 2.75) is 135 Å². The number of likely N-dealkylation sites (tertiary alicyclic amines) is 2. The Bertz CT molecular complexity index is 1670. The molecule has 19 heteroatoms. The highest BCUT2D eigenvalue weighted by Crippen LogP contribution is 2.22. The summed E-state index contributed by atoms with van der Waals surface area (Å²) in [5.41, 5.74) is 6.91. The van der Waals surface area contributed by atoms with Gasteiger partial charge in [0.15, 0.2) is 0 Å². The summed E-state index contributed by atoms with van der Waals surface area (Å²) >= 11 is 0. The van der Waals surface area contributed by atoms with Crippen LogP contribution in [0.25, 0.3) is 0 Å². The SMILES string of the molecule is CC(C)C[C@H](NC(=O)[C@H](CO)NC(=O)[C@@H]1CCCN1C(=O)[C@@H](N)Cc1ccc(O)cc1)C(=O)N[C@@H](C)C(=O)N[C@@H](CC(C)C)C(=O)N1CCC[C@H]1C(=O)N[C@@H](C)C(=O)O. The largest absolute Gasteiger partial charge is 0.508 e. The molecule has 328 valence electrons. The quantitative estimate of drug-likeness (QED) is 0.0756. The number of phenols is 1. The molecule has 2 aliphatic heterocycles. The number of phenolic OH excluding ortho intramolecular Hbond substituents is 1. The van der Waals surface area contributed by atoms with Crippen molar-refractivity contribution >= 4 is 47.3 Å². The van der Waals surface area contributed by atoms with E-state index in [0.29, 0.717) is 31.2 Å². The molecule has 2 fully saturated rings. The van der Waals surface area contributed by atoms with Crippen LogP contribution in [0.1, 0.15) is 85.6 Å². The van der Waals surface area contributed by atoms with Crippen molar-refractivity contribution in [2.24, 2.45) is 17.6 Å². The van der Waals surface area contributed by atoms with Crippen molar-refractivity contribution in [1.82, 2.24) is 36.4 Å². The van der Waals surface area contributed by atoms with Gasteiger partial charge in [0.1, 0.15) is 48.0 Å². The van der Waals surface area contributed by atoms with E-state index in [4.69, 9.17) is 5.73 Å². The number of aromatic hydroxyl groups is 1. The third-order valence-electron chi connectivity index (χ3n) is 10.3. The zero-order valence-corrected chi connectivity index (χ0v) is 34.7. The molecule has 0 radical (unpaired) electrons. The average Bonchev–Trinajstić information content (AvgIpc) is 3.87. The number of carbonyl (C=O) groups is 8. The average molecular weight is 831 g/mol. The molecule has 7 amide bonds. The number of aliphatic hydroxyl groups is 1. The van der Waals surface area contributed by atoms with E-state index < -0.39 is 102 Å². The topological polar surface area (TPSA) is 290 Å². The summed E-state index contributed by atoms with van der Waals surface area (Å²) < 4.78 is 0. The summed E-state index contributed by atoms with van der Waals surface area (Å²) in [4.78, 5) is 108. The van der Waals surface area contributed by atoms with Crippen molar-refractivity contribution in [2.75, 3.05) is 19.7 Å². The van der Waals surface area contributed by atoms with Gasteiger partial charge in [-0.05, 0) is 88.3 Å². The number of hydrogen-bond donors (Lipinski definition) is 9. The molecule has 1 aromatic rings. The fourth-order valence-electron chi connectivity index (χ4n) is 7.17. The molecule has 8 atom stereocenters. The maximum Gasteiger partial charge on any atom is 0.325 e. The van der Waals surface area contributed by atoms with Crippen LogP contribution >= 0.6 is 0 Å². The first kappa shape index (κ1) is 48.1. The minimum Gasteiger partial charge on any atom is -0.508 e. The zero-order valence-electron chi connectivity index (χ0n) is 34.7. The molecule has 2 saturated heterocycles. The third-order valence-corrected chi connectivity index (χ3v) is 10.3. The van der Waals surface area contributed by atoms with E-state index in [9.17, 15) is 53.7 Å². The van der Waals surface area contributed by atoms with E-state index in [1.165, 1.54) is 35.8 Å². The second kappa shape index (κ2) is 22.2. The van der Waals surface area contributed by atoms with Gasteiger partial charge in [0.05, 0.1) is 12.6 Å².